The van der Waals surface area contributed by atoms with Crippen molar-refractivity contribution in [3.63, 3.8) is 0 Å². The number of benzene rings is 1. The van der Waals surface area contributed by atoms with Gasteiger partial charge in [-0.3, -0.25) is 4.98 Å². The first-order valence-electron chi connectivity index (χ1n) is 6.42. The average Bonchev–Trinajstić information content (AvgIpc) is 2.45. The molecule has 0 bridgehead atoms. The smallest absolute Gasteiger partial charge is 0.159 e. The number of aromatic nitrogens is 1. The summed E-state index contributed by atoms with van der Waals surface area (Å²) in [6.07, 6.45) is 4.39. The Morgan fingerprint density at radius 2 is 2.21 bits per heavy atom. The van der Waals surface area contributed by atoms with Crippen molar-refractivity contribution >= 4 is 10.8 Å². The van der Waals surface area contributed by atoms with Crippen LogP contribution in [0.5, 0.6) is 0 Å². The molecule has 0 spiro atoms. The molecule has 2 rings (SSSR count). The summed E-state index contributed by atoms with van der Waals surface area (Å²) in [5.41, 5.74) is 4.62. The van der Waals surface area contributed by atoms with Crippen LogP contribution in [0.2, 0.25) is 0 Å². The molecule has 0 fully saturated rings. The number of fused-ring (bicyclic) bond motifs is 1. The molecule has 1 unspecified atom stereocenters. The predicted octanol–water partition coefficient (Wildman–Crippen LogP) is 2.78. The quantitative estimate of drug-likeness (QED) is 0.870. The first-order chi connectivity index (χ1) is 9.21. The lowest BCUT2D eigenvalue weighted by Crippen LogP contribution is -2.27. The third kappa shape index (κ3) is 2.91. The minimum absolute atomic E-state index is 0.0288. The molecule has 0 aliphatic carbocycles. The van der Waals surface area contributed by atoms with E-state index in [9.17, 15) is 0 Å². The van der Waals surface area contributed by atoms with E-state index in [1.54, 1.807) is 18.5 Å². The monoisotopic (exact) mass is 262 g/mol. The third-order valence-electron chi connectivity index (χ3n) is 3.32. The molecule has 3 nitrogen and oxygen atoms in total. The molecule has 0 radical (unpaired) electrons. The number of hydrogen-bond donors (Lipinski definition) is 1. The molecule has 1 heterocycles. The normalized spacial score (nSPS) is 14.5. The number of nitrogens with zero attached hydrogens (tertiary/aromatic N) is 1. The molecule has 0 saturated heterocycles. The number of nitrogens with two attached hydrogens (primary N) is 1. The van der Waals surface area contributed by atoms with E-state index in [4.69, 9.17) is 10.5 Å². The maximum Gasteiger partial charge on any atom is 0.159 e. The fraction of sp³-hybridized carbons (Fsp3) is 0.400. The van der Waals surface area contributed by atoms with Crippen LogP contribution in [0.1, 0.15) is 18.4 Å². The maximum atomic E-state index is 15.2. The summed E-state index contributed by atoms with van der Waals surface area (Å²) < 4.78 is 20.3. The second-order valence-electron chi connectivity index (χ2n) is 4.69. The van der Waals surface area contributed by atoms with Gasteiger partial charge in [0, 0.05) is 30.5 Å². The summed E-state index contributed by atoms with van der Waals surface area (Å²) in [5.74, 6) is 0. The molecule has 0 aliphatic rings. The van der Waals surface area contributed by atoms with Gasteiger partial charge in [0.1, 0.15) is 0 Å². The minimum Gasteiger partial charge on any atom is -0.381 e. The molecule has 0 amide bonds. The van der Waals surface area contributed by atoms with Gasteiger partial charge in [0.25, 0.3) is 0 Å². The Labute approximate surface area is 112 Å². The third-order valence-corrected chi connectivity index (χ3v) is 3.32. The summed E-state index contributed by atoms with van der Waals surface area (Å²) in [5, 5.41) is 1.82. The van der Waals surface area contributed by atoms with Crippen LogP contribution in [-0.2, 0) is 10.4 Å². The van der Waals surface area contributed by atoms with E-state index in [2.05, 4.69) is 4.98 Å². The van der Waals surface area contributed by atoms with Crippen LogP contribution in [0, 0.1) is 0 Å². The standard InChI is InChI=1S/C15H19FN2O/c1-19-11-15(16,7-3-8-17)14-5-2-4-12-6-9-18-10-13(12)14/h2,4-6,9-10H,3,7-8,11,17H2,1H3. The van der Waals surface area contributed by atoms with Gasteiger partial charge in [-0.25, -0.2) is 4.39 Å². The van der Waals surface area contributed by atoms with Gasteiger partial charge < -0.3 is 10.5 Å². The number of rotatable bonds is 6. The Hall–Kier alpha value is -1.52. The SMILES string of the molecule is COCC(F)(CCCN)c1cccc2ccncc12. The lowest BCUT2D eigenvalue weighted by Gasteiger charge is -2.26. The minimum atomic E-state index is -1.52. The Balaban J connectivity index is 2.49. The van der Waals surface area contributed by atoms with Crippen molar-refractivity contribution in [1.82, 2.24) is 4.98 Å². The number of ether oxygens (including phenoxy) is 1. The summed E-state index contributed by atoms with van der Waals surface area (Å²) in [6.45, 7) is 0.499. The van der Waals surface area contributed by atoms with Gasteiger partial charge in [0.2, 0.25) is 0 Å². The molecule has 102 valence electrons. The van der Waals surface area contributed by atoms with E-state index in [0.717, 1.165) is 10.8 Å². The number of methoxy groups -OCH3 is 1. The van der Waals surface area contributed by atoms with Crippen molar-refractivity contribution in [2.75, 3.05) is 20.3 Å². The van der Waals surface area contributed by atoms with Crippen LogP contribution < -0.4 is 5.73 Å². The van der Waals surface area contributed by atoms with E-state index >= 15 is 4.39 Å². The zero-order valence-electron chi connectivity index (χ0n) is 11.1. The van der Waals surface area contributed by atoms with Gasteiger partial charge in [-0.1, -0.05) is 18.2 Å². The van der Waals surface area contributed by atoms with Gasteiger partial charge in [-0.2, -0.15) is 0 Å². The molecule has 0 saturated carbocycles. The predicted molar refractivity (Wildman–Crippen MR) is 74.7 cm³/mol. The largest absolute Gasteiger partial charge is 0.381 e. The maximum absolute atomic E-state index is 15.2. The summed E-state index contributed by atoms with van der Waals surface area (Å²) in [4.78, 5) is 4.10. The highest BCUT2D eigenvalue weighted by molar-refractivity contribution is 5.85. The second-order valence-corrected chi connectivity index (χ2v) is 4.69. The summed E-state index contributed by atoms with van der Waals surface area (Å²) in [7, 11) is 1.51. The Morgan fingerprint density at radius 3 is 2.95 bits per heavy atom. The van der Waals surface area contributed by atoms with E-state index in [1.807, 2.05) is 18.2 Å². The number of alkyl halides is 1. The van der Waals surface area contributed by atoms with Crippen molar-refractivity contribution in [3.8, 4) is 0 Å². The van der Waals surface area contributed by atoms with Crippen LogP contribution >= 0.6 is 0 Å². The number of pyridine rings is 1. The summed E-state index contributed by atoms with van der Waals surface area (Å²) in [6, 6.07) is 7.51. The fourth-order valence-electron chi connectivity index (χ4n) is 2.40. The first kappa shape index (κ1) is 13.9. The summed E-state index contributed by atoms with van der Waals surface area (Å²) >= 11 is 0. The Bertz CT molecular complexity index is 541. The molecular weight excluding hydrogens is 243 g/mol. The van der Waals surface area contributed by atoms with E-state index in [1.165, 1.54) is 7.11 Å². The van der Waals surface area contributed by atoms with Gasteiger partial charge >= 0.3 is 0 Å². The molecular formula is C15H19FN2O. The molecule has 0 aliphatic heterocycles. The lowest BCUT2D eigenvalue weighted by atomic mass is 9.88. The van der Waals surface area contributed by atoms with Crippen LogP contribution in [-0.4, -0.2) is 25.2 Å². The topological polar surface area (TPSA) is 48.1 Å². The van der Waals surface area contributed by atoms with Gasteiger partial charge in [0.15, 0.2) is 5.67 Å². The Morgan fingerprint density at radius 1 is 1.37 bits per heavy atom. The molecule has 1 atom stereocenters. The first-order valence-corrected chi connectivity index (χ1v) is 6.42. The van der Waals surface area contributed by atoms with E-state index in [-0.39, 0.29) is 6.61 Å². The van der Waals surface area contributed by atoms with Crippen molar-refractivity contribution in [1.29, 1.82) is 0 Å². The molecule has 1 aromatic carbocycles. The number of halogens is 1. The lowest BCUT2D eigenvalue weighted by molar-refractivity contribution is 0.0314. The van der Waals surface area contributed by atoms with Crippen LogP contribution in [0.25, 0.3) is 10.8 Å². The highest BCUT2D eigenvalue weighted by Gasteiger charge is 2.33. The van der Waals surface area contributed by atoms with Crippen LogP contribution in [0.4, 0.5) is 4.39 Å². The van der Waals surface area contributed by atoms with Gasteiger partial charge in [-0.05, 0) is 30.8 Å². The zero-order chi connectivity index (χ0) is 13.7. The van der Waals surface area contributed by atoms with Crippen LogP contribution in [0.3, 0.4) is 0 Å². The van der Waals surface area contributed by atoms with Crippen molar-refractivity contribution in [2.24, 2.45) is 5.73 Å². The molecule has 2 N–H and O–H groups in total. The van der Waals surface area contributed by atoms with Crippen LogP contribution in [0.15, 0.2) is 36.7 Å². The van der Waals surface area contributed by atoms with Crippen molar-refractivity contribution in [2.45, 2.75) is 18.5 Å². The van der Waals surface area contributed by atoms with E-state index < -0.39 is 5.67 Å². The van der Waals surface area contributed by atoms with Crippen molar-refractivity contribution < 1.29 is 9.13 Å². The highest BCUT2D eigenvalue weighted by Crippen LogP contribution is 2.35. The number of hydrogen-bond acceptors (Lipinski definition) is 3. The van der Waals surface area contributed by atoms with E-state index in [0.29, 0.717) is 24.9 Å². The van der Waals surface area contributed by atoms with Gasteiger partial charge in [-0.15, -0.1) is 0 Å². The molecule has 2 aromatic rings. The van der Waals surface area contributed by atoms with Gasteiger partial charge in [0.05, 0.1) is 6.61 Å². The molecule has 19 heavy (non-hydrogen) atoms. The highest BCUT2D eigenvalue weighted by atomic mass is 19.1. The fourth-order valence-corrected chi connectivity index (χ4v) is 2.40. The Kier molecular flexibility index (Phi) is 4.45. The molecule has 1 aromatic heterocycles. The second kappa shape index (κ2) is 6.08. The average molecular weight is 262 g/mol. The molecule has 4 heteroatoms. The zero-order valence-corrected chi connectivity index (χ0v) is 11.1. The van der Waals surface area contributed by atoms with Crippen molar-refractivity contribution in [3.05, 3.63) is 42.2 Å².